The van der Waals surface area contributed by atoms with Gasteiger partial charge in [0.1, 0.15) is 5.01 Å². The molecular weight excluding hydrogens is 236 g/mol. The van der Waals surface area contributed by atoms with Crippen LogP contribution in [-0.2, 0) is 5.41 Å². The molecule has 0 atom stereocenters. The summed E-state index contributed by atoms with van der Waals surface area (Å²) >= 11 is 3.31. The molecule has 2 rings (SSSR count). The first-order valence-electron chi connectivity index (χ1n) is 4.97. The van der Waals surface area contributed by atoms with Crippen molar-refractivity contribution in [3.8, 4) is 16.0 Å². The van der Waals surface area contributed by atoms with Gasteiger partial charge in [0.25, 0.3) is 0 Å². The Bertz CT molecular complexity index is 530. The highest BCUT2D eigenvalue weighted by atomic mass is 32.1. The molecule has 0 unspecified atom stereocenters. The van der Waals surface area contributed by atoms with Crippen molar-refractivity contribution in [3.05, 3.63) is 28.1 Å². The Hall–Kier alpha value is -1.18. The number of nitriles is 1. The van der Waals surface area contributed by atoms with Gasteiger partial charge in [-0.25, -0.2) is 4.98 Å². The Kier molecular flexibility index (Phi) is 2.83. The van der Waals surface area contributed by atoms with Gasteiger partial charge in [0.05, 0.1) is 22.1 Å². The Morgan fingerprint density at radius 2 is 2.19 bits per heavy atom. The molecule has 4 heteroatoms. The lowest BCUT2D eigenvalue weighted by atomic mass is 9.93. The number of aromatic nitrogens is 1. The van der Waals surface area contributed by atoms with Crippen molar-refractivity contribution < 1.29 is 0 Å². The van der Waals surface area contributed by atoms with E-state index in [-0.39, 0.29) is 0 Å². The second kappa shape index (κ2) is 4.00. The summed E-state index contributed by atoms with van der Waals surface area (Å²) in [5.74, 6) is 0. The van der Waals surface area contributed by atoms with Gasteiger partial charge in [0.2, 0.25) is 0 Å². The molecule has 0 aliphatic carbocycles. The number of hydrogen-bond acceptors (Lipinski definition) is 4. The molecule has 0 radical (unpaired) electrons. The highest BCUT2D eigenvalue weighted by Crippen LogP contribution is 2.36. The summed E-state index contributed by atoms with van der Waals surface area (Å²) in [6.07, 6.45) is 0. The molecule has 2 nitrogen and oxygen atoms in total. The monoisotopic (exact) mass is 248 g/mol. The summed E-state index contributed by atoms with van der Waals surface area (Å²) in [5, 5.41) is 12.2. The van der Waals surface area contributed by atoms with Crippen molar-refractivity contribution in [1.82, 2.24) is 4.98 Å². The van der Waals surface area contributed by atoms with Crippen LogP contribution in [0.15, 0.2) is 17.5 Å². The lowest BCUT2D eigenvalue weighted by Crippen LogP contribution is -2.13. The lowest BCUT2D eigenvalue weighted by molar-refractivity contribution is 0.695. The molecule has 2 heterocycles. The van der Waals surface area contributed by atoms with Crippen LogP contribution >= 0.6 is 22.7 Å². The molecule has 0 aliphatic rings. The molecular formula is C12H12N2S2. The van der Waals surface area contributed by atoms with E-state index in [2.05, 4.69) is 17.1 Å². The van der Waals surface area contributed by atoms with Gasteiger partial charge in [-0.2, -0.15) is 5.26 Å². The molecule has 0 aliphatic heterocycles. The van der Waals surface area contributed by atoms with Crippen molar-refractivity contribution in [2.24, 2.45) is 0 Å². The summed E-state index contributed by atoms with van der Waals surface area (Å²) in [5.41, 5.74) is 0.525. The fourth-order valence-corrected chi connectivity index (χ4v) is 3.45. The van der Waals surface area contributed by atoms with Crippen LogP contribution in [0.2, 0.25) is 0 Å². The second-order valence-electron chi connectivity index (χ2n) is 4.15. The first-order valence-corrected chi connectivity index (χ1v) is 6.67. The van der Waals surface area contributed by atoms with Crippen molar-refractivity contribution >= 4 is 22.7 Å². The van der Waals surface area contributed by atoms with Gasteiger partial charge >= 0.3 is 0 Å². The molecule has 0 spiro atoms. The van der Waals surface area contributed by atoms with E-state index in [4.69, 9.17) is 5.26 Å². The third-order valence-electron chi connectivity index (χ3n) is 2.38. The average molecular weight is 248 g/mol. The van der Waals surface area contributed by atoms with Gasteiger partial charge < -0.3 is 0 Å². The fraction of sp³-hybridized carbons (Fsp3) is 0.333. The van der Waals surface area contributed by atoms with Gasteiger partial charge in [-0.3, -0.25) is 0 Å². The molecule has 16 heavy (non-hydrogen) atoms. The first kappa shape index (κ1) is 11.3. The van der Waals surface area contributed by atoms with Crippen LogP contribution in [-0.4, -0.2) is 4.98 Å². The summed E-state index contributed by atoms with van der Waals surface area (Å²) in [7, 11) is 0. The molecule has 2 aromatic rings. The van der Waals surface area contributed by atoms with Crippen LogP contribution in [0.5, 0.6) is 0 Å². The molecule has 0 N–H and O–H groups in total. The van der Waals surface area contributed by atoms with E-state index in [0.717, 1.165) is 15.6 Å². The largest absolute Gasteiger partial charge is 0.240 e. The van der Waals surface area contributed by atoms with E-state index in [1.54, 1.807) is 22.7 Å². The third kappa shape index (κ3) is 1.89. The molecule has 0 bridgehead atoms. The van der Waals surface area contributed by atoms with Gasteiger partial charge in [0, 0.05) is 4.88 Å². The molecule has 0 aromatic carbocycles. The predicted octanol–water partition coefficient (Wildman–Crippen LogP) is 3.98. The fourth-order valence-electron chi connectivity index (χ4n) is 1.53. The molecule has 0 saturated heterocycles. The Balaban J connectivity index is 2.49. The van der Waals surface area contributed by atoms with E-state index in [0.29, 0.717) is 0 Å². The SMILES string of the molecule is Cc1nc(-c2cccs2)sc1C(C)(C)C#N. The van der Waals surface area contributed by atoms with Crippen LogP contribution in [0.4, 0.5) is 0 Å². The normalized spacial score (nSPS) is 11.4. The smallest absolute Gasteiger partial charge is 0.133 e. The Labute approximate surface area is 103 Å². The molecule has 0 amide bonds. The van der Waals surface area contributed by atoms with Gasteiger partial charge in [-0.15, -0.1) is 22.7 Å². The maximum atomic E-state index is 9.14. The third-order valence-corrected chi connectivity index (χ3v) is 4.90. The molecule has 0 fully saturated rings. The van der Waals surface area contributed by atoms with Crippen molar-refractivity contribution in [1.29, 1.82) is 5.26 Å². The van der Waals surface area contributed by atoms with Crippen LogP contribution < -0.4 is 0 Å². The van der Waals surface area contributed by atoms with Gasteiger partial charge in [-0.05, 0) is 32.2 Å². The second-order valence-corrected chi connectivity index (χ2v) is 6.09. The van der Waals surface area contributed by atoms with Crippen LogP contribution in [0, 0.1) is 18.3 Å². The highest BCUT2D eigenvalue weighted by molar-refractivity contribution is 7.21. The predicted molar refractivity (Wildman–Crippen MR) is 68.8 cm³/mol. The topological polar surface area (TPSA) is 36.7 Å². The zero-order valence-corrected chi connectivity index (χ0v) is 11.1. The highest BCUT2D eigenvalue weighted by Gasteiger charge is 2.26. The molecule has 0 saturated carbocycles. The minimum absolute atomic E-state index is 0.447. The number of rotatable bonds is 2. The van der Waals surface area contributed by atoms with Gasteiger partial charge in [-0.1, -0.05) is 6.07 Å². The zero-order chi connectivity index (χ0) is 11.8. The minimum atomic E-state index is -0.447. The summed E-state index contributed by atoms with van der Waals surface area (Å²) in [6.45, 7) is 5.85. The zero-order valence-electron chi connectivity index (χ0n) is 9.44. The van der Waals surface area contributed by atoms with Crippen LogP contribution in [0.25, 0.3) is 9.88 Å². The van der Waals surface area contributed by atoms with Crippen molar-refractivity contribution in [3.63, 3.8) is 0 Å². The van der Waals surface area contributed by atoms with E-state index < -0.39 is 5.41 Å². The summed E-state index contributed by atoms with van der Waals surface area (Å²) in [4.78, 5) is 6.79. The average Bonchev–Trinajstić information content (AvgIpc) is 2.85. The van der Waals surface area contributed by atoms with E-state index >= 15 is 0 Å². The number of aryl methyl sites for hydroxylation is 1. The standard InChI is InChI=1S/C12H12N2S2/c1-8-10(12(2,3)7-13)16-11(14-8)9-5-4-6-15-9/h4-6H,1-3H3. The maximum Gasteiger partial charge on any atom is 0.133 e. The van der Waals surface area contributed by atoms with Crippen LogP contribution in [0.3, 0.4) is 0 Å². The molecule has 82 valence electrons. The number of thiazole rings is 1. The summed E-state index contributed by atoms with van der Waals surface area (Å²) < 4.78 is 0. The van der Waals surface area contributed by atoms with Crippen LogP contribution in [0.1, 0.15) is 24.4 Å². The molecule has 2 aromatic heterocycles. The first-order chi connectivity index (χ1) is 7.54. The van der Waals surface area contributed by atoms with E-state index in [9.17, 15) is 0 Å². The maximum absolute atomic E-state index is 9.14. The number of nitrogens with zero attached hydrogens (tertiary/aromatic N) is 2. The Morgan fingerprint density at radius 1 is 1.44 bits per heavy atom. The number of hydrogen-bond donors (Lipinski definition) is 0. The van der Waals surface area contributed by atoms with E-state index in [1.807, 2.05) is 32.2 Å². The Morgan fingerprint density at radius 3 is 2.75 bits per heavy atom. The van der Waals surface area contributed by atoms with Crippen molar-refractivity contribution in [2.75, 3.05) is 0 Å². The number of thiophene rings is 1. The summed E-state index contributed by atoms with van der Waals surface area (Å²) in [6, 6.07) is 6.41. The minimum Gasteiger partial charge on any atom is -0.240 e. The van der Waals surface area contributed by atoms with Gasteiger partial charge in [0.15, 0.2) is 0 Å². The van der Waals surface area contributed by atoms with Crippen molar-refractivity contribution in [2.45, 2.75) is 26.2 Å². The quantitative estimate of drug-likeness (QED) is 0.806. The lowest BCUT2D eigenvalue weighted by Gasteiger charge is -2.12. The van der Waals surface area contributed by atoms with E-state index in [1.165, 1.54) is 4.88 Å².